The molecule has 1 N–H and O–H groups in total. The Morgan fingerprint density at radius 2 is 2.23 bits per heavy atom. The third kappa shape index (κ3) is 3.17. The minimum atomic E-state index is -0.212. The maximum Gasteiger partial charge on any atom is 0.143 e. The molecule has 1 aliphatic rings. The zero-order valence-corrected chi connectivity index (χ0v) is 8.16. The van der Waals surface area contributed by atoms with Gasteiger partial charge in [-0.2, -0.15) is 0 Å². The van der Waals surface area contributed by atoms with Gasteiger partial charge in [0.25, 0.3) is 0 Å². The van der Waals surface area contributed by atoms with Gasteiger partial charge in [-0.15, -0.1) is 0 Å². The first-order valence-electron chi connectivity index (χ1n) is 4.48. The lowest BCUT2D eigenvalue weighted by Crippen LogP contribution is -2.05. The van der Waals surface area contributed by atoms with Crippen molar-refractivity contribution in [2.75, 3.05) is 13.4 Å². The van der Waals surface area contributed by atoms with Crippen LogP contribution in [0.1, 0.15) is 13.8 Å². The lowest BCUT2D eigenvalue weighted by Gasteiger charge is -2.10. The van der Waals surface area contributed by atoms with E-state index in [0.717, 1.165) is 0 Å². The van der Waals surface area contributed by atoms with Gasteiger partial charge in [-0.05, 0) is 18.4 Å². The maximum atomic E-state index is 8.52. The third-order valence-electron chi connectivity index (χ3n) is 2.15. The molecule has 0 fully saturated rings. The van der Waals surface area contributed by atoms with Crippen LogP contribution in [0, 0.1) is 5.92 Å². The molecule has 1 unspecified atom stereocenters. The molecule has 0 saturated heterocycles. The summed E-state index contributed by atoms with van der Waals surface area (Å²) in [6.45, 7) is 4.48. The molecule has 2 nitrogen and oxygen atoms in total. The van der Waals surface area contributed by atoms with Crippen LogP contribution < -0.4 is 0 Å². The van der Waals surface area contributed by atoms with E-state index < -0.39 is 0 Å². The molecule has 0 aromatic heterocycles. The van der Waals surface area contributed by atoms with Crippen LogP contribution in [0.2, 0.25) is 0 Å². The summed E-state index contributed by atoms with van der Waals surface area (Å²) in [6.07, 6.45) is 8.38. The zero-order valence-electron chi connectivity index (χ0n) is 8.16. The molecular formula is C11H16O2. The summed E-state index contributed by atoms with van der Waals surface area (Å²) in [5, 5.41) is 8.52. The Kier molecular flexibility index (Phi) is 3.93. The SMILES string of the molecule is CC1=CC=C(COCO)C(C)C=C1. The van der Waals surface area contributed by atoms with E-state index in [1.165, 1.54) is 11.1 Å². The minimum Gasteiger partial charge on any atom is -0.371 e. The zero-order chi connectivity index (χ0) is 9.68. The molecule has 0 aliphatic heterocycles. The van der Waals surface area contributed by atoms with Gasteiger partial charge < -0.3 is 9.84 Å². The van der Waals surface area contributed by atoms with Crippen LogP contribution in [0.25, 0.3) is 0 Å². The summed E-state index contributed by atoms with van der Waals surface area (Å²) >= 11 is 0. The summed E-state index contributed by atoms with van der Waals surface area (Å²) in [5.41, 5.74) is 2.44. The van der Waals surface area contributed by atoms with Gasteiger partial charge in [-0.25, -0.2) is 0 Å². The van der Waals surface area contributed by atoms with Crippen LogP contribution in [-0.4, -0.2) is 18.5 Å². The smallest absolute Gasteiger partial charge is 0.143 e. The van der Waals surface area contributed by atoms with Crippen LogP contribution in [-0.2, 0) is 4.74 Å². The van der Waals surface area contributed by atoms with Crippen LogP contribution in [0.3, 0.4) is 0 Å². The van der Waals surface area contributed by atoms with E-state index in [2.05, 4.69) is 38.2 Å². The average molecular weight is 180 g/mol. The van der Waals surface area contributed by atoms with Gasteiger partial charge in [0.05, 0.1) is 6.61 Å². The number of hydrogen-bond donors (Lipinski definition) is 1. The number of allylic oxidation sites excluding steroid dienone is 5. The van der Waals surface area contributed by atoms with Gasteiger partial charge in [0.2, 0.25) is 0 Å². The van der Waals surface area contributed by atoms with Crippen molar-refractivity contribution in [3.05, 3.63) is 35.5 Å². The van der Waals surface area contributed by atoms with Gasteiger partial charge >= 0.3 is 0 Å². The molecule has 0 aromatic carbocycles. The molecule has 2 heteroatoms. The standard InChI is InChI=1S/C11H16O2/c1-9-3-5-10(2)11(6-4-9)7-13-8-12/h3-6,10,12H,7-8H2,1-2H3. The van der Waals surface area contributed by atoms with E-state index in [4.69, 9.17) is 9.84 Å². The molecule has 0 saturated carbocycles. The fourth-order valence-electron chi connectivity index (χ4n) is 1.21. The maximum absolute atomic E-state index is 8.52. The van der Waals surface area contributed by atoms with E-state index >= 15 is 0 Å². The number of rotatable bonds is 3. The van der Waals surface area contributed by atoms with Gasteiger partial charge in [0.1, 0.15) is 6.79 Å². The number of aliphatic hydroxyl groups excluding tert-OH is 1. The molecule has 1 aliphatic carbocycles. The Balaban J connectivity index is 2.65. The Morgan fingerprint density at radius 1 is 1.46 bits per heavy atom. The minimum absolute atomic E-state index is 0.212. The highest BCUT2D eigenvalue weighted by atomic mass is 16.6. The normalized spacial score (nSPS) is 22.2. The molecule has 13 heavy (non-hydrogen) atoms. The molecule has 72 valence electrons. The van der Waals surface area contributed by atoms with Crippen LogP contribution in [0.4, 0.5) is 0 Å². The molecule has 1 rings (SSSR count). The van der Waals surface area contributed by atoms with E-state index in [0.29, 0.717) is 12.5 Å². The highest BCUT2D eigenvalue weighted by Gasteiger charge is 2.06. The van der Waals surface area contributed by atoms with Crippen molar-refractivity contribution < 1.29 is 9.84 Å². The fourth-order valence-corrected chi connectivity index (χ4v) is 1.21. The molecule has 1 atom stereocenters. The Morgan fingerprint density at radius 3 is 2.92 bits per heavy atom. The van der Waals surface area contributed by atoms with Gasteiger partial charge in [0.15, 0.2) is 0 Å². The largest absolute Gasteiger partial charge is 0.371 e. The van der Waals surface area contributed by atoms with Crippen molar-refractivity contribution in [1.82, 2.24) is 0 Å². The van der Waals surface area contributed by atoms with Crippen molar-refractivity contribution in [3.63, 3.8) is 0 Å². The van der Waals surface area contributed by atoms with E-state index in [9.17, 15) is 0 Å². The van der Waals surface area contributed by atoms with Crippen molar-refractivity contribution in [1.29, 1.82) is 0 Å². The number of aliphatic hydroxyl groups is 1. The predicted molar refractivity (Wildman–Crippen MR) is 53.2 cm³/mol. The van der Waals surface area contributed by atoms with Crippen molar-refractivity contribution >= 4 is 0 Å². The second-order valence-electron chi connectivity index (χ2n) is 3.28. The first-order valence-corrected chi connectivity index (χ1v) is 4.48. The lowest BCUT2D eigenvalue weighted by molar-refractivity contribution is 0.00847. The second-order valence-corrected chi connectivity index (χ2v) is 3.28. The summed E-state index contributed by atoms with van der Waals surface area (Å²) in [4.78, 5) is 0. The van der Waals surface area contributed by atoms with Crippen molar-refractivity contribution in [3.8, 4) is 0 Å². The number of ether oxygens (including phenoxy) is 1. The average Bonchev–Trinajstić information content (AvgIpc) is 2.28. The van der Waals surface area contributed by atoms with Crippen LogP contribution in [0.15, 0.2) is 35.5 Å². The first-order chi connectivity index (χ1) is 6.24. The highest BCUT2D eigenvalue weighted by Crippen LogP contribution is 2.17. The molecule has 0 heterocycles. The van der Waals surface area contributed by atoms with Gasteiger partial charge in [0, 0.05) is 0 Å². The molecule has 0 spiro atoms. The van der Waals surface area contributed by atoms with Crippen LogP contribution >= 0.6 is 0 Å². The summed E-state index contributed by atoms with van der Waals surface area (Å²) in [6, 6.07) is 0. The number of hydrogen-bond acceptors (Lipinski definition) is 2. The van der Waals surface area contributed by atoms with E-state index in [1.54, 1.807) is 0 Å². The molecule has 0 radical (unpaired) electrons. The van der Waals surface area contributed by atoms with Gasteiger partial charge in [-0.3, -0.25) is 0 Å². The predicted octanol–water partition coefficient (Wildman–Crippen LogP) is 2.03. The van der Waals surface area contributed by atoms with Crippen LogP contribution in [0.5, 0.6) is 0 Å². The molecule has 0 aromatic rings. The van der Waals surface area contributed by atoms with E-state index in [1.807, 2.05) is 0 Å². The Labute approximate surface area is 79.2 Å². The van der Waals surface area contributed by atoms with Gasteiger partial charge in [-0.1, -0.05) is 36.8 Å². The molecule has 0 amide bonds. The topological polar surface area (TPSA) is 29.5 Å². The first kappa shape index (κ1) is 10.2. The Hall–Kier alpha value is -0.860. The third-order valence-corrected chi connectivity index (χ3v) is 2.15. The van der Waals surface area contributed by atoms with Crippen molar-refractivity contribution in [2.24, 2.45) is 5.92 Å². The molecular weight excluding hydrogens is 164 g/mol. The van der Waals surface area contributed by atoms with Crippen molar-refractivity contribution in [2.45, 2.75) is 13.8 Å². The molecule has 0 bridgehead atoms. The summed E-state index contributed by atoms with van der Waals surface area (Å²) in [5.74, 6) is 0.389. The lowest BCUT2D eigenvalue weighted by atomic mass is 10.0. The van der Waals surface area contributed by atoms with E-state index in [-0.39, 0.29) is 6.79 Å². The monoisotopic (exact) mass is 180 g/mol. The fraction of sp³-hybridized carbons (Fsp3) is 0.455. The highest BCUT2D eigenvalue weighted by molar-refractivity contribution is 5.31. The second kappa shape index (κ2) is 5.00. The summed E-state index contributed by atoms with van der Waals surface area (Å²) < 4.78 is 4.96. The quantitative estimate of drug-likeness (QED) is 0.673. The summed E-state index contributed by atoms with van der Waals surface area (Å²) in [7, 11) is 0. The Bertz CT molecular complexity index is 249.